The van der Waals surface area contributed by atoms with Crippen LogP contribution in [0, 0.1) is 6.92 Å². The summed E-state index contributed by atoms with van der Waals surface area (Å²) in [4.78, 5) is 2.51. The van der Waals surface area contributed by atoms with Gasteiger partial charge >= 0.3 is 0 Å². The zero-order chi connectivity index (χ0) is 40.5. The van der Waals surface area contributed by atoms with Crippen LogP contribution in [0.1, 0.15) is 47.4 Å². The minimum Gasteiger partial charge on any atom is -0.310 e. The Morgan fingerprint density at radius 1 is 0.467 bits per heavy atom. The molecule has 2 heterocycles. The average Bonchev–Trinajstić information content (AvgIpc) is 3.63. The van der Waals surface area contributed by atoms with Gasteiger partial charge in [0.2, 0.25) is 0 Å². The molecule has 286 valence electrons. The van der Waals surface area contributed by atoms with E-state index in [1.54, 1.807) is 0 Å². The highest BCUT2D eigenvalue weighted by Gasteiger charge is 2.37. The highest BCUT2D eigenvalue weighted by molar-refractivity contribution is 6.00. The Morgan fingerprint density at radius 3 is 1.75 bits per heavy atom. The van der Waals surface area contributed by atoms with Crippen molar-refractivity contribution in [1.29, 1.82) is 0 Å². The molecule has 2 nitrogen and oxygen atoms in total. The van der Waals surface area contributed by atoms with E-state index in [0.29, 0.717) is 0 Å². The molecule has 1 aliphatic heterocycles. The SMILES string of the molecule is C=Cc1c(C)c2cc(-c3ccc4c(c3)C=Cc3cc5c(cc3N4c3cc(-c4ccccc4)cc(-c4ccccc4)c3)-c3ccccc3C5(C)C)ccc2n1-c1ccccc1. The summed E-state index contributed by atoms with van der Waals surface area (Å²) in [6, 6.07) is 66.9. The number of nitrogens with zero attached hydrogens (tertiary/aromatic N) is 2. The standard InChI is InChI=1S/C58H44N2/c1-5-54-38(2)50-35-42(28-30-56(50)59(54)47-21-13-8-14-22-47)41-27-29-55-43(31-41)25-26-44-36-53-51(49-23-15-16-24-52(49)58(53,3)4)37-57(44)60(55)48-33-45(39-17-9-6-10-18-39)32-46(34-48)40-19-11-7-12-20-40/h5-37H,1H2,2-4H3. The van der Waals surface area contributed by atoms with Crippen LogP contribution in [-0.2, 0) is 5.41 Å². The first-order valence-electron chi connectivity index (χ1n) is 20.9. The normalized spacial score (nSPS) is 13.3. The van der Waals surface area contributed by atoms with Crippen LogP contribution in [0.4, 0.5) is 17.1 Å². The zero-order valence-electron chi connectivity index (χ0n) is 34.2. The molecule has 11 rings (SSSR count). The Morgan fingerprint density at radius 2 is 1.07 bits per heavy atom. The number of fused-ring (bicyclic) bond motifs is 6. The van der Waals surface area contributed by atoms with Crippen LogP contribution in [0.15, 0.2) is 189 Å². The Kier molecular flexibility index (Phi) is 8.25. The van der Waals surface area contributed by atoms with Crippen LogP contribution in [0.5, 0.6) is 0 Å². The smallest absolute Gasteiger partial charge is 0.0540 e. The van der Waals surface area contributed by atoms with E-state index >= 15 is 0 Å². The van der Waals surface area contributed by atoms with Crippen molar-refractivity contribution < 1.29 is 0 Å². The molecule has 0 saturated heterocycles. The molecule has 2 aliphatic rings. The van der Waals surface area contributed by atoms with Crippen LogP contribution in [0.25, 0.3) is 79.3 Å². The van der Waals surface area contributed by atoms with E-state index in [0.717, 1.165) is 22.8 Å². The van der Waals surface area contributed by atoms with Crippen LogP contribution in [0.2, 0.25) is 0 Å². The van der Waals surface area contributed by atoms with Gasteiger partial charge in [-0.1, -0.05) is 148 Å². The Bertz CT molecular complexity index is 3120. The van der Waals surface area contributed by atoms with Crippen LogP contribution in [-0.4, -0.2) is 4.57 Å². The molecule has 0 radical (unpaired) electrons. The van der Waals surface area contributed by atoms with Crippen LogP contribution >= 0.6 is 0 Å². The lowest BCUT2D eigenvalue weighted by Crippen LogP contribution is -2.16. The molecule has 0 saturated carbocycles. The molecule has 0 spiro atoms. The van der Waals surface area contributed by atoms with Gasteiger partial charge in [-0.25, -0.2) is 0 Å². The van der Waals surface area contributed by atoms with E-state index in [9.17, 15) is 0 Å². The van der Waals surface area contributed by atoms with Crippen molar-refractivity contribution in [3.8, 4) is 50.2 Å². The second-order valence-corrected chi connectivity index (χ2v) is 16.7. The number of benzene rings is 8. The summed E-state index contributed by atoms with van der Waals surface area (Å²) in [6.07, 6.45) is 6.64. The highest BCUT2D eigenvalue weighted by Crippen LogP contribution is 2.53. The van der Waals surface area contributed by atoms with Gasteiger partial charge in [-0.3, -0.25) is 0 Å². The number of anilines is 3. The predicted octanol–water partition coefficient (Wildman–Crippen LogP) is 15.8. The minimum absolute atomic E-state index is 0.110. The molecule has 2 heteroatoms. The molecule has 0 atom stereocenters. The molecule has 0 amide bonds. The number of aromatic nitrogens is 1. The van der Waals surface area contributed by atoms with Gasteiger partial charge in [-0.05, 0) is 152 Å². The number of hydrogen-bond acceptors (Lipinski definition) is 1. The van der Waals surface area contributed by atoms with E-state index < -0.39 is 0 Å². The molecule has 0 N–H and O–H groups in total. The number of para-hydroxylation sites is 1. The molecule has 0 bridgehead atoms. The van der Waals surface area contributed by atoms with Crippen LogP contribution in [0.3, 0.4) is 0 Å². The van der Waals surface area contributed by atoms with Crippen molar-refractivity contribution >= 4 is 46.2 Å². The number of hydrogen-bond donors (Lipinski definition) is 0. The lowest BCUT2D eigenvalue weighted by Gasteiger charge is -2.30. The van der Waals surface area contributed by atoms with Gasteiger partial charge in [-0.15, -0.1) is 0 Å². The highest BCUT2D eigenvalue weighted by atomic mass is 15.1. The Labute approximate surface area is 352 Å². The van der Waals surface area contributed by atoms with Gasteiger partial charge in [-0.2, -0.15) is 0 Å². The summed E-state index contributed by atoms with van der Waals surface area (Å²) >= 11 is 0. The average molecular weight is 769 g/mol. The molecule has 0 fully saturated rings. The second-order valence-electron chi connectivity index (χ2n) is 16.7. The summed E-state index contributed by atoms with van der Waals surface area (Å²) in [7, 11) is 0. The van der Waals surface area contributed by atoms with Gasteiger partial charge in [0.1, 0.15) is 0 Å². The van der Waals surface area contributed by atoms with Gasteiger partial charge in [0.05, 0.1) is 16.9 Å². The maximum atomic E-state index is 4.21. The van der Waals surface area contributed by atoms with E-state index in [-0.39, 0.29) is 5.41 Å². The largest absolute Gasteiger partial charge is 0.310 e. The van der Waals surface area contributed by atoms with Crippen molar-refractivity contribution in [2.45, 2.75) is 26.2 Å². The fourth-order valence-corrected chi connectivity index (χ4v) is 9.82. The fraction of sp³-hybridized carbons (Fsp3) is 0.0690. The van der Waals surface area contributed by atoms with Gasteiger partial charge in [0, 0.05) is 27.9 Å². The van der Waals surface area contributed by atoms with E-state index in [4.69, 9.17) is 0 Å². The molecule has 0 unspecified atom stereocenters. The lowest BCUT2D eigenvalue weighted by atomic mass is 9.82. The Balaban J connectivity index is 1.13. The summed E-state index contributed by atoms with van der Waals surface area (Å²) < 4.78 is 2.32. The Hall–Kier alpha value is -7.42. The summed E-state index contributed by atoms with van der Waals surface area (Å²) in [5.41, 5.74) is 22.8. The molecule has 1 aliphatic carbocycles. The topological polar surface area (TPSA) is 8.17 Å². The molecular formula is C58H44N2. The van der Waals surface area contributed by atoms with Crippen molar-refractivity contribution in [3.05, 3.63) is 222 Å². The van der Waals surface area contributed by atoms with Gasteiger partial charge < -0.3 is 9.47 Å². The first-order valence-corrected chi connectivity index (χ1v) is 20.9. The molecule has 8 aromatic carbocycles. The van der Waals surface area contributed by atoms with Crippen molar-refractivity contribution in [2.24, 2.45) is 0 Å². The zero-order valence-corrected chi connectivity index (χ0v) is 34.2. The third-order valence-electron chi connectivity index (χ3n) is 12.9. The number of aryl methyl sites for hydroxylation is 1. The predicted molar refractivity (Wildman–Crippen MR) is 256 cm³/mol. The molecule has 60 heavy (non-hydrogen) atoms. The van der Waals surface area contributed by atoms with E-state index in [1.165, 1.54) is 88.9 Å². The molecular weight excluding hydrogens is 725 g/mol. The first kappa shape index (κ1) is 35.7. The molecule has 9 aromatic rings. The van der Waals surface area contributed by atoms with Crippen molar-refractivity contribution in [1.82, 2.24) is 4.57 Å². The fourth-order valence-electron chi connectivity index (χ4n) is 9.82. The van der Waals surface area contributed by atoms with E-state index in [2.05, 4.69) is 231 Å². The number of rotatable bonds is 6. The van der Waals surface area contributed by atoms with Crippen LogP contribution < -0.4 is 4.90 Å². The summed E-state index contributed by atoms with van der Waals surface area (Å²) in [5, 5.41) is 1.23. The second kappa shape index (κ2) is 13.9. The first-order chi connectivity index (χ1) is 29.4. The molecule has 1 aromatic heterocycles. The monoisotopic (exact) mass is 768 g/mol. The third-order valence-corrected chi connectivity index (χ3v) is 12.9. The van der Waals surface area contributed by atoms with Crippen molar-refractivity contribution in [2.75, 3.05) is 4.90 Å². The minimum atomic E-state index is -0.110. The maximum Gasteiger partial charge on any atom is 0.0540 e. The summed E-state index contributed by atoms with van der Waals surface area (Å²) in [5.74, 6) is 0. The summed E-state index contributed by atoms with van der Waals surface area (Å²) in [6.45, 7) is 11.1. The quantitative estimate of drug-likeness (QED) is 0.164. The van der Waals surface area contributed by atoms with E-state index in [1.807, 2.05) is 6.08 Å². The maximum absolute atomic E-state index is 4.21. The van der Waals surface area contributed by atoms with Gasteiger partial charge in [0.15, 0.2) is 0 Å². The third kappa shape index (κ3) is 5.63. The van der Waals surface area contributed by atoms with Gasteiger partial charge in [0.25, 0.3) is 0 Å². The lowest BCUT2D eigenvalue weighted by molar-refractivity contribution is 0.660. The van der Waals surface area contributed by atoms with Crippen molar-refractivity contribution in [3.63, 3.8) is 0 Å².